The molecule has 0 saturated heterocycles. The van der Waals surface area contributed by atoms with Crippen molar-refractivity contribution in [1.82, 2.24) is 9.88 Å². The zero-order valence-electron chi connectivity index (χ0n) is 14.5. The van der Waals surface area contributed by atoms with Crippen LogP contribution >= 0.6 is 0 Å². The highest BCUT2D eigenvalue weighted by molar-refractivity contribution is 5.85. The number of anilines is 1. The minimum atomic E-state index is 0.784. The molecule has 2 heterocycles. The molecule has 25 heavy (non-hydrogen) atoms. The second-order valence-corrected chi connectivity index (χ2v) is 6.64. The maximum Gasteiger partial charge on any atom is 0.0427 e. The van der Waals surface area contributed by atoms with Gasteiger partial charge in [-0.2, -0.15) is 0 Å². The number of aryl methyl sites for hydroxylation is 1. The summed E-state index contributed by atoms with van der Waals surface area (Å²) in [5.41, 5.74) is 15.1. The summed E-state index contributed by atoms with van der Waals surface area (Å²) < 4.78 is 0. The predicted molar refractivity (Wildman–Crippen MR) is 104 cm³/mol. The van der Waals surface area contributed by atoms with E-state index >= 15 is 0 Å². The van der Waals surface area contributed by atoms with Crippen molar-refractivity contribution in [3.63, 3.8) is 0 Å². The quantitative estimate of drug-likeness (QED) is 0.706. The molecule has 4 rings (SSSR count). The van der Waals surface area contributed by atoms with E-state index in [2.05, 4.69) is 59.5 Å². The second kappa shape index (κ2) is 6.10. The summed E-state index contributed by atoms with van der Waals surface area (Å²) >= 11 is 0. The standard InChI is InChI=1S/C22H21N3/c1-15-6-7-18(12-24-15)16-8-9-19-13-25(2)14-22(21(19)11-16)17-4-3-5-20(23)10-17/h3-12,14H,13,23H2,1-2H3. The van der Waals surface area contributed by atoms with Crippen LogP contribution in [0.1, 0.15) is 22.4 Å². The zero-order chi connectivity index (χ0) is 17.4. The molecule has 2 aromatic carbocycles. The molecular formula is C22H21N3. The summed E-state index contributed by atoms with van der Waals surface area (Å²) in [6, 6.07) is 18.9. The van der Waals surface area contributed by atoms with Gasteiger partial charge in [0.25, 0.3) is 0 Å². The molecular weight excluding hydrogens is 306 g/mol. The number of pyridine rings is 1. The maximum atomic E-state index is 6.01. The first-order valence-corrected chi connectivity index (χ1v) is 8.44. The summed E-state index contributed by atoms with van der Waals surface area (Å²) in [5.74, 6) is 0. The number of nitrogens with two attached hydrogens (primary N) is 1. The van der Waals surface area contributed by atoms with E-state index < -0.39 is 0 Å². The number of fused-ring (bicyclic) bond motifs is 1. The monoisotopic (exact) mass is 327 g/mol. The number of rotatable bonds is 2. The van der Waals surface area contributed by atoms with E-state index in [4.69, 9.17) is 5.73 Å². The van der Waals surface area contributed by atoms with Crippen molar-refractivity contribution in [2.24, 2.45) is 0 Å². The second-order valence-electron chi connectivity index (χ2n) is 6.64. The Kier molecular flexibility index (Phi) is 3.77. The van der Waals surface area contributed by atoms with Gasteiger partial charge in [-0.05, 0) is 53.4 Å². The van der Waals surface area contributed by atoms with Crippen LogP contribution in [0.15, 0.2) is 67.0 Å². The smallest absolute Gasteiger partial charge is 0.0427 e. The van der Waals surface area contributed by atoms with Crippen LogP contribution in [0.3, 0.4) is 0 Å². The fraction of sp³-hybridized carbons (Fsp3) is 0.136. The number of nitrogen functional groups attached to an aromatic ring is 1. The molecule has 1 aromatic heterocycles. The van der Waals surface area contributed by atoms with Crippen molar-refractivity contribution in [2.45, 2.75) is 13.5 Å². The van der Waals surface area contributed by atoms with Crippen LogP contribution < -0.4 is 5.73 Å². The molecule has 1 aliphatic heterocycles. The lowest BCUT2D eigenvalue weighted by Crippen LogP contribution is -2.17. The molecule has 0 spiro atoms. The van der Waals surface area contributed by atoms with Crippen LogP contribution in [0.5, 0.6) is 0 Å². The third kappa shape index (κ3) is 3.01. The lowest BCUT2D eigenvalue weighted by Gasteiger charge is -2.26. The van der Waals surface area contributed by atoms with E-state index in [1.54, 1.807) is 0 Å². The summed E-state index contributed by atoms with van der Waals surface area (Å²) in [6.45, 7) is 2.92. The molecule has 3 heteroatoms. The molecule has 3 aromatic rings. The molecule has 1 aliphatic rings. The zero-order valence-corrected chi connectivity index (χ0v) is 14.5. The molecule has 0 unspecified atom stereocenters. The van der Waals surface area contributed by atoms with Gasteiger partial charge in [0, 0.05) is 48.5 Å². The highest BCUT2D eigenvalue weighted by atomic mass is 15.1. The van der Waals surface area contributed by atoms with E-state index in [1.165, 1.54) is 22.3 Å². The van der Waals surface area contributed by atoms with Gasteiger partial charge in [0.05, 0.1) is 0 Å². The lowest BCUT2D eigenvalue weighted by molar-refractivity contribution is 0.446. The van der Waals surface area contributed by atoms with Crippen LogP contribution in [0.2, 0.25) is 0 Å². The Balaban J connectivity index is 1.84. The minimum absolute atomic E-state index is 0.784. The third-order valence-electron chi connectivity index (χ3n) is 4.61. The first-order chi connectivity index (χ1) is 12.1. The maximum absolute atomic E-state index is 6.01. The van der Waals surface area contributed by atoms with E-state index in [1.807, 2.05) is 31.3 Å². The van der Waals surface area contributed by atoms with Crippen molar-refractivity contribution in [3.8, 4) is 11.1 Å². The Morgan fingerprint density at radius 2 is 1.80 bits per heavy atom. The fourth-order valence-corrected chi connectivity index (χ4v) is 3.32. The molecule has 0 radical (unpaired) electrons. The Hall–Kier alpha value is -3.07. The molecule has 0 atom stereocenters. The fourth-order valence-electron chi connectivity index (χ4n) is 3.32. The molecule has 124 valence electrons. The van der Waals surface area contributed by atoms with Gasteiger partial charge < -0.3 is 10.6 Å². The van der Waals surface area contributed by atoms with Crippen LogP contribution in [-0.4, -0.2) is 16.9 Å². The highest BCUT2D eigenvalue weighted by Gasteiger charge is 2.18. The van der Waals surface area contributed by atoms with Gasteiger partial charge in [-0.25, -0.2) is 0 Å². The Bertz CT molecular complexity index is 955. The average molecular weight is 327 g/mol. The number of aromatic nitrogens is 1. The molecule has 0 aliphatic carbocycles. The van der Waals surface area contributed by atoms with Gasteiger partial charge in [-0.3, -0.25) is 4.98 Å². The molecule has 0 saturated carbocycles. The molecule has 2 N–H and O–H groups in total. The Morgan fingerprint density at radius 3 is 2.56 bits per heavy atom. The van der Waals surface area contributed by atoms with Crippen molar-refractivity contribution in [3.05, 3.63) is 89.4 Å². The van der Waals surface area contributed by atoms with E-state index in [-0.39, 0.29) is 0 Å². The first-order valence-electron chi connectivity index (χ1n) is 8.44. The van der Waals surface area contributed by atoms with Crippen molar-refractivity contribution >= 4 is 11.3 Å². The molecule has 0 fully saturated rings. The summed E-state index contributed by atoms with van der Waals surface area (Å²) in [6.07, 6.45) is 4.14. The van der Waals surface area contributed by atoms with Gasteiger partial charge in [0.2, 0.25) is 0 Å². The van der Waals surface area contributed by atoms with Crippen molar-refractivity contribution < 1.29 is 0 Å². The third-order valence-corrected chi connectivity index (χ3v) is 4.61. The van der Waals surface area contributed by atoms with E-state index in [0.29, 0.717) is 0 Å². The van der Waals surface area contributed by atoms with Crippen molar-refractivity contribution in [2.75, 3.05) is 12.8 Å². The summed E-state index contributed by atoms with van der Waals surface area (Å²) in [5, 5.41) is 0. The molecule has 0 bridgehead atoms. The summed E-state index contributed by atoms with van der Waals surface area (Å²) in [7, 11) is 2.10. The number of hydrogen-bond acceptors (Lipinski definition) is 3. The average Bonchev–Trinajstić information content (AvgIpc) is 2.61. The van der Waals surface area contributed by atoms with E-state index in [0.717, 1.165) is 29.1 Å². The van der Waals surface area contributed by atoms with Crippen LogP contribution in [0.4, 0.5) is 5.69 Å². The van der Waals surface area contributed by atoms with Crippen molar-refractivity contribution in [1.29, 1.82) is 0 Å². The topological polar surface area (TPSA) is 42.1 Å². The number of benzene rings is 2. The summed E-state index contributed by atoms with van der Waals surface area (Å²) in [4.78, 5) is 6.65. The van der Waals surface area contributed by atoms with Gasteiger partial charge in [-0.1, -0.05) is 30.3 Å². The van der Waals surface area contributed by atoms with Gasteiger partial charge in [0.15, 0.2) is 0 Å². The minimum Gasteiger partial charge on any atom is -0.399 e. The van der Waals surface area contributed by atoms with Gasteiger partial charge >= 0.3 is 0 Å². The Morgan fingerprint density at radius 1 is 0.960 bits per heavy atom. The predicted octanol–water partition coefficient (Wildman–Crippen LogP) is 4.47. The molecule has 3 nitrogen and oxygen atoms in total. The van der Waals surface area contributed by atoms with Crippen LogP contribution in [0.25, 0.3) is 16.7 Å². The Labute approximate surface area is 148 Å². The van der Waals surface area contributed by atoms with Crippen LogP contribution in [-0.2, 0) is 6.54 Å². The normalized spacial score (nSPS) is 13.4. The van der Waals surface area contributed by atoms with E-state index in [9.17, 15) is 0 Å². The molecule has 0 amide bonds. The highest BCUT2D eigenvalue weighted by Crippen LogP contribution is 2.34. The number of nitrogens with zero attached hydrogens (tertiary/aromatic N) is 2. The SMILES string of the molecule is Cc1ccc(-c2ccc3c(c2)C(c2cccc(N)c2)=CN(C)C3)cn1. The first kappa shape index (κ1) is 15.5. The van der Waals surface area contributed by atoms with Gasteiger partial charge in [0.1, 0.15) is 0 Å². The van der Waals surface area contributed by atoms with Crippen LogP contribution in [0, 0.1) is 6.92 Å². The largest absolute Gasteiger partial charge is 0.399 e. The number of hydrogen-bond donors (Lipinski definition) is 1. The van der Waals surface area contributed by atoms with Gasteiger partial charge in [-0.15, -0.1) is 0 Å². The lowest BCUT2D eigenvalue weighted by atomic mass is 9.89.